The summed E-state index contributed by atoms with van der Waals surface area (Å²) in [7, 11) is 0. The number of nitrogens with one attached hydrogen (secondary N) is 1. The number of morpholine rings is 1. The van der Waals surface area contributed by atoms with Gasteiger partial charge in [0, 0.05) is 18.8 Å². The Morgan fingerprint density at radius 3 is 3.11 bits per heavy atom. The highest BCUT2D eigenvalue weighted by atomic mass is 16.5. The standard InChI is InChI=1S/C13H17N3O2/c1-9-5-10(2)16-13(12(9)6-14)18-8-11-7-15-3-4-17-11/h5,11,15H,3-4,7-8H2,1-2H3. The van der Waals surface area contributed by atoms with E-state index in [4.69, 9.17) is 14.7 Å². The van der Waals surface area contributed by atoms with Crippen LogP contribution in [-0.2, 0) is 4.74 Å². The Morgan fingerprint density at radius 2 is 2.44 bits per heavy atom. The van der Waals surface area contributed by atoms with Gasteiger partial charge in [0.15, 0.2) is 0 Å². The molecular formula is C13H17N3O2. The zero-order valence-electron chi connectivity index (χ0n) is 10.7. The van der Waals surface area contributed by atoms with Crippen LogP contribution in [0.15, 0.2) is 6.07 Å². The molecular weight excluding hydrogens is 230 g/mol. The van der Waals surface area contributed by atoms with Gasteiger partial charge in [0.2, 0.25) is 5.88 Å². The zero-order valence-corrected chi connectivity index (χ0v) is 10.7. The van der Waals surface area contributed by atoms with E-state index in [1.807, 2.05) is 19.9 Å². The molecule has 1 aromatic rings. The third-order valence-corrected chi connectivity index (χ3v) is 2.83. The van der Waals surface area contributed by atoms with Gasteiger partial charge in [-0.15, -0.1) is 0 Å². The predicted octanol–water partition coefficient (Wildman–Crippen LogP) is 0.937. The molecule has 0 aliphatic carbocycles. The van der Waals surface area contributed by atoms with E-state index in [0.717, 1.165) is 24.3 Å². The molecule has 0 aromatic carbocycles. The minimum absolute atomic E-state index is 0.0212. The fraction of sp³-hybridized carbons (Fsp3) is 0.538. The summed E-state index contributed by atoms with van der Waals surface area (Å²) in [5, 5.41) is 12.3. The first-order valence-corrected chi connectivity index (χ1v) is 6.04. The Bertz CT molecular complexity index is 462. The van der Waals surface area contributed by atoms with Crippen molar-refractivity contribution in [2.45, 2.75) is 20.0 Å². The van der Waals surface area contributed by atoms with E-state index < -0.39 is 0 Å². The van der Waals surface area contributed by atoms with Crippen LogP contribution in [0.5, 0.6) is 5.88 Å². The third-order valence-electron chi connectivity index (χ3n) is 2.83. The predicted molar refractivity (Wildman–Crippen MR) is 66.5 cm³/mol. The number of ether oxygens (including phenoxy) is 2. The molecule has 5 nitrogen and oxygen atoms in total. The molecule has 0 radical (unpaired) electrons. The normalized spacial score (nSPS) is 19.3. The number of hydrogen-bond acceptors (Lipinski definition) is 5. The van der Waals surface area contributed by atoms with Crippen molar-refractivity contribution in [3.63, 3.8) is 0 Å². The van der Waals surface area contributed by atoms with Crippen LogP contribution in [0.3, 0.4) is 0 Å². The Hall–Kier alpha value is -1.64. The first kappa shape index (κ1) is 12.8. The summed E-state index contributed by atoms with van der Waals surface area (Å²) in [4.78, 5) is 4.27. The van der Waals surface area contributed by atoms with Crippen molar-refractivity contribution < 1.29 is 9.47 Å². The van der Waals surface area contributed by atoms with Crippen molar-refractivity contribution in [3.05, 3.63) is 22.9 Å². The maximum atomic E-state index is 9.11. The summed E-state index contributed by atoms with van der Waals surface area (Å²) >= 11 is 0. The summed E-state index contributed by atoms with van der Waals surface area (Å²) in [6, 6.07) is 4.01. The lowest BCUT2D eigenvalue weighted by Gasteiger charge is -2.23. The van der Waals surface area contributed by atoms with Crippen LogP contribution in [-0.4, -0.2) is 37.4 Å². The SMILES string of the molecule is Cc1cc(C)c(C#N)c(OCC2CNCCO2)n1. The Balaban J connectivity index is 2.06. The summed E-state index contributed by atoms with van der Waals surface area (Å²) in [5.41, 5.74) is 2.25. The van der Waals surface area contributed by atoms with E-state index >= 15 is 0 Å². The van der Waals surface area contributed by atoms with Crippen LogP contribution in [0.4, 0.5) is 0 Å². The summed E-state index contributed by atoms with van der Waals surface area (Å²) in [6.45, 7) is 6.53. The number of nitrogens with zero attached hydrogens (tertiary/aromatic N) is 2. The topological polar surface area (TPSA) is 67.2 Å². The molecule has 18 heavy (non-hydrogen) atoms. The summed E-state index contributed by atoms with van der Waals surface area (Å²) in [5.74, 6) is 0.407. The maximum absolute atomic E-state index is 9.11. The van der Waals surface area contributed by atoms with Crippen molar-refractivity contribution in [3.8, 4) is 11.9 Å². The molecule has 1 unspecified atom stereocenters. The number of hydrogen-bond donors (Lipinski definition) is 1. The first-order chi connectivity index (χ1) is 8.70. The van der Waals surface area contributed by atoms with Crippen LogP contribution in [0.2, 0.25) is 0 Å². The quantitative estimate of drug-likeness (QED) is 0.861. The molecule has 5 heteroatoms. The van der Waals surface area contributed by atoms with Crippen molar-refractivity contribution in [2.24, 2.45) is 0 Å². The molecule has 0 spiro atoms. The van der Waals surface area contributed by atoms with Gasteiger partial charge in [-0.3, -0.25) is 0 Å². The van der Waals surface area contributed by atoms with Crippen LogP contribution in [0.25, 0.3) is 0 Å². The van der Waals surface area contributed by atoms with Gasteiger partial charge in [0.1, 0.15) is 24.3 Å². The highest BCUT2D eigenvalue weighted by Crippen LogP contribution is 2.20. The van der Waals surface area contributed by atoms with Crippen molar-refractivity contribution >= 4 is 0 Å². The van der Waals surface area contributed by atoms with Gasteiger partial charge < -0.3 is 14.8 Å². The zero-order chi connectivity index (χ0) is 13.0. The smallest absolute Gasteiger partial charge is 0.232 e. The van der Waals surface area contributed by atoms with Crippen LogP contribution in [0.1, 0.15) is 16.8 Å². The van der Waals surface area contributed by atoms with E-state index in [0.29, 0.717) is 24.7 Å². The number of pyridine rings is 1. The second kappa shape index (κ2) is 5.80. The van der Waals surface area contributed by atoms with Crippen molar-refractivity contribution in [1.82, 2.24) is 10.3 Å². The number of aromatic nitrogens is 1. The monoisotopic (exact) mass is 247 g/mol. The van der Waals surface area contributed by atoms with Gasteiger partial charge in [-0.05, 0) is 25.5 Å². The van der Waals surface area contributed by atoms with E-state index in [2.05, 4.69) is 16.4 Å². The second-order valence-electron chi connectivity index (χ2n) is 4.38. The molecule has 1 aliphatic rings. The highest BCUT2D eigenvalue weighted by molar-refractivity contribution is 5.45. The Labute approximate surface area is 107 Å². The lowest BCUT2D eigenvalue weighted by Crippen LogP contribution is -2.41. The third kappa shape index (κ3) is 2.97. The average molecular weight is 247 g/mol. The van der Waals surface area contributed by atoms with Gasteiger partial charge >= 0.3 is 0 Å². The van der Waals surface area contributed by atoms with E-state index in [1.165, 1.54) is 0 Å². The molecule has 96 valence electrons. The molecule has 0 amide bonds. The van der Waals surface area contributed by atoms with Crippen molar-refractivity contribution in [2.75, 3.05) is 26.3 Å². The fourth-order valence-corrected chi connectivity index (χ4v) is 1.94. The van der Waals surface area contributed by atoms with Gasteiger partial charge in [0.25, 0.3) is 0 Å². The number of rotatable bonds is 3. The van der Waals surface area contributed by atoms with Crippen LogP contribution >= 0.6 is 0 Å². The minimum Gasteiger partial charge on any atom is -0.474 e. The molecule has 1 fully saturated rings. The molecule has 1 aromatic heterocycles. The largest absolute Gasteiger partial charge is 0.474 e. The highest BCUT2D eigenvalue weighted by Gasteiger charge is 2.16. The van der Waals surface area contributed by atoms with E-state index in [-0.39, 0.29) is 6.10 Å². The van der Waals surface area contributed by atoms with Gasteiger partial charge in [-0.2, -0.15) is 5.26 Å². The molecule has 0 bridgehead atoms. The van der Waals surface area contributed by atoms with Crippen molar-refractivity contribution in [1.29, 1.82) is 5.26 Å². The lowest BCUT2D eigenvalue weighted by molar-refractivity contribution is -0.000843. The van der Waals surface area contributed by atoms with Gasteiger partial charge in [0.05, 0.1) is 6.61 Å². The molecule has 1 N–H and O–H groups in total. The first-order valence-electron chi connectivity index (χ1n) is 6.04. The average Bonchev–Trinajstić information content (AvgIpc) is 2.37. The molecule has 0 saturated carbocycles. The fourth-order valence-electron chi connectivity index (χ4n) is 1.94. The Morgan fingerprint density at radius 1 is 1.61 bits per heavy atom. The van der Waals surface area contributed by atoms with Gasteiger partial charge in [-0.1, -0.05) is 0 Å². The molecule has 1 aliphatic heterocycles. The minimum atomic E-state index is 0.0212. The summed E-state index contributed by atoms with van der Waals surface area (Å²) < 4.78 is 11.2. The lowest BCUT2D eigenvalue weighted by atomic mass is 10.1. The van der Waals surface area contributed by atoms with Crippen LogP contribution < -0.4 is 10.1 Å². The molecule has 2 rings (SSSR count). The van der Waals surface area contributed by atoms with Gasteiger partial charge in [-0.25, -0.2) is 4.98 Å². The second-order valence-corrected chi connectivity index (χ2v) is 4.38. The molecule has 1 atom stereocenters. The van der Waals surface area contributed by atoms with E-state index in [1.54, 1.807) is 0 Å². The number of nitriles is 1. The summed E-state index contributed by atoms with van der Waals surface area (Å²) in [6.07, 6.45) is 0.0212. The van der Waals surface area contributed by atoms with Crippen LogP contribution in [0, 0.1) is 25.2 Å². The Kier molecular flexibility index (Phi) is 4.13. The molecule has 1 saturated heterocycles. The molecule has 2 heterocycles. The maximum Gasteiger partial charge on any atom is 0.232 e. The van der Waals surface area contributed by atoms with E-state index in [9.17, 15) is 0 Å². The number of aryl methyl sites for hydroxylation is 2.